The predicted molar refractivity (Wildman–Crippen MR) is 91.6 cm³/mol. The van der Waals surface area contributed by atoms with Crippen molar-refractivity contribution in [2.45, 2.75) is 39.0 Å². The maximum atomic E-state index is 12.6. The molecule has 0 unspecified atom stereocenters. The van der Waals surface area contributed by atoms with Gasteiger partial charge in [0, 0.05) is 24.2 Å². The van der Waals surface area contributed by atoms with Crippen LogP contribution in [0.1, 0.15) is 44.6 Å². The standard InChI is InChI=1S/C21H20N2O/c1-20(2)18(24)11-10-17-16(15-7-4-3-5-8-15)9-6-12-21(13-22,14-23)19(17)20/h3-9,16H,10-12H2,1-2H3/t16-/m0/s1. The first-order valence-corrected chi connectivity index (χ1v) is 8.27. The van der Waals surface area contributed by atoms with Crippen molar-refractivity contribution in [3.63, 3.8) is 0 Å². The fourth-order valence-electron chi connectivity index (χ4n) is 4.14. The third kappa shape index (κ3) is 2.29. The van der Waals surface area contributed by atoms with E-state index in [-0.39, 0.29) is 11.7 Å². The highest BCUT2D eigenvalue weighted by molar-refractivity contribution is 5.90. The summed E-state index contributed by atoms with van der Waals surface area (Å²) in [7, 11) is 0. The molecule has 2 aliphatic rings. The van der Waals surface area contributed by atoms with Gasteiger partial charge in [0.15, 0.2) is 5.41 Å². The highest BCUT2D eigenvalue weighted by Gasteiger charge is 2.50. The van der Waals surface area contributed by atoms with Crippen molar-refractivity contribution in [3.05, 3.63) is 59.2 Å². The molecule has 1 atom stereocenters. The minimum atomic E-state index is -1.26. The molecule has 0 spiro atoms. The molecule has 1 aromatic rings. The molecule has 0 heterocycles. The summed E-state index contributed by atoms with van der Waals surface area (Å²) in [6.07, 6.45) is 5.44. The Morgan fingerprint density at radius 2 is 1.75 bits per heavy atom. The molecule has 0 saturated carbocycles. The van der Waals surface area contributed by atoms with Gasteiger partial charge in [0.1, 0.15) is 5.78 Å². The number of hydrogen-bond donors (Lipinski definition) is 0. The van der Waals surface area contributed by atoms with E-state index in [4.69, 9.17) is 0 Å². The van der Waals surface area contributed by atoms with Crippen molar-refractivity contribution in [1.29, 1.82) is 10.5 Å². The van der Waals surface area contributed by atoms with E-state index in [1.54, 1.807) is 0 Å². The highest BCUT2D eigenvalue weighted by Crippen LogP contribution is 2.53. The van der Waals surface area contributed by atoms with Gasteiger partial charge < -0.3 is 0 Å². The second-order valence-corrected chi connectivity index (χ2v) is 7.10. The van der Waals surface area contributed by atoms with E-state index < -0.39 is 10.8 Å². The van der Waals surface area contributed by atoms with Gasteiger partial charge in [0.05, 0.1) is 12.1 Å². The van der Waals surface area contributed by atoms with Gasteiger partial charge in [-0.05, 0) is 31.4 Å². The van der Waals surface area contributed by atoms with Gasteiger partial charge in [-0.25, -0.2) is 0 Å². The Kier molecular flexibility index (Phi) is 3.90. The van der Waals surface area contributed by atoms with E-state index in [1.165, 1.54) is 0 Å². The van der Waals surface area contributed by atoms with Gasteiger partial charge >= 0.3 is 0 Å². The second kappa shape index (κ2) is 5.77. The zero-order valence-corrected chi connectivity index (χ0v) is 14.0. The van der Waals surface area contributed by atoms with Crippen molar-refractivity contribution < 1.29 is 4.79 Å². The SMILES string of the molecule is CC1(C)C(=O)CCC2=C1C(C#N)(C#N)CC=C[C@H]2c1ccccc1. The van der Waals surface area contributed by atoms with Gasteiger partial charge in [0.2, 0.25) is 0 Å². The molecule has 0 aromatic heterocycles. The van der Waals surface area contributed by atoms with Crippen LogP contribution in [0.2, 0.25) is 0 Å². The molecule has 3 heteroatoms. The predicted octanol–water partition coefficient (Wildman–Crippen LogP) is 4.45. The van der Waals surface area contributed by atoms with E-state index in [0.717, 1.165) is 16.7 Å². The molecule has 2 aliphatic carbocycles. The van der Waals surface area contributed by atoms with Gasteiger partial charge in [0.25, 0.3) is 0 Å². The first-order chi connectivity index (χ1) is 11.5. The Morgan fingerprint density at radius 1 is 1.08 bits per heavy atom. The molecule has 24 heavy (non-hydrogen) atoms. The minimum Gasteiger partial charge on any atom is -0.299 e. The number of nitriles is 2. The highest BCUT2D eigenvalue weighted by atomic mass is 16.1. The first kappa shape index (κ1) is 16.2. The zero-order valence-electron chi connectivity index (χ0n) is 14.0. The van der Waals surface area contributed by atoms with Crippen molar-refractivity contribution in [2.24, 2.45) is 10.8 Å². The van der Waals surface area contributed by atoms with Crippen LogP contribution < -0.4 is 0 Å². The lowest BCUT2D eigenvalue weighted by Gasteiger charge is -2.40. The quantitative estimate of drug-likeness (QED) is 0.719. The second-order valence-electron chi connectivity index (χ2n) is 7.10. The van der Waals surface area contributed by atoms with Crippen LogP contribution in [0.25, 0.3) is 0 Å². The maximum Gasteiger partial charge on any atom is 0.169 e. The van der Waals surface area contributed by atoms with E-state index in [1.807, 2.05) is 38.1 Å². The number of hydrogen-bond acceptors (Lipinski definition) is 3. The molecule has 3 rings (SSSR count). The zero-order chi connectivity index (χ0) is 17.4. The number of nitrogens with zero attached hydrogens (tertiary/aromatic N) is 2. The molecule has 0 bridgehead atoms. The molecule has 0 saturated heterocycles. The van der Waals surface area contributed by atoms with Crippen LogP contribution in [0.3, 0.4) is 0 Å². The topological polar surface area (TPSA) is 64.7 Å². The summed E-state index contributed by atoms with van der Waals surface area (Å²) in [6.45, 7) is 3.72. The molecular weight excluding hydrogens is 296 g/mol. The number of carbonyl (C=O) groups is 1. The van der Waals surface area contributed by atoms with Gasteiger partial charge in [-0.15, -0.1) is 0 Å². The normalized spacial score (nSPS) is 24.5. The number of carbonyl (C=O) groups excluding carboxylic acids is 1. The average Bonchev–Trinajstić information content (AvgIpc) is 2.77. The fraction of sp³-hybridized carbons (Fsp3) is 0.381. The lowest BCUT2D eigenvalue weighted by atomic mass is 9.60. The number of benzene rings is 1. The van der Waals surface area contributed by atoms with E-state index >= 15 is 0 Å². The number of Topliss-reactive ketones (excluding diaryl/α,β-unsaturated/α-hetero) is 1. The van der Waals surface area contributed by atoms with Crippen LogP contribution in [0, 0.1) is 33.5 Å². The number of allylic oxidation sites excluding steroid dienone is 4. The number of ketones is 1. The largest absolute Gasteiger partial charge is 0.299 e. The summed E-state index contributed by atoms with van der Waals surface area (Å²) in [6, 6.07) is 14.6. The molecule has 0 fully saturated rings. The summed E-state index contributed by atoms with van der Waals surface area (Å²) in [5.74, 6) is 0.141. The Balaban J connectivity index is 2.31. The smallest absolute Gasteiger partial charge is 0.169 e. The molecule has 1 aromatic carbocycles. The van der Waals surface area contributed by atoms with Crippen LogP contribution in [0.5, 0.6) is 0 Å². The van der Waals surface area contributed by atoms with Crippen LogP contribution in [-0.2, 0) is 4.79 Å². The summed E-state index contributed by atoms with van der Waals surface area (Å²) < 4.78 is 0. The van der Waals surface area contributed by atoms with Crippen LogP contribution in [0.15, 0.2) is 53.6 Å². The van der Waals surface area contributed by atoms with Crippen LogP contribution >= 0.6 is 0 Å². The molecule has 0 radical (unpaired) electrons. The van der Waals surface area contributed by atoms with Crippen molar-refractivity contribution in [3.8, 4) is 12.1 Å². The third-order valence-corrected chi connectivity index (χ3v) is 5.36. The van der Waals surface area contributed by atoms with Gasteiger partial charge in [-0.1, -0.05) is 48.1 Å². The Morgan fingerprint density at radius 3 is 2.38 bits per heavy atom. The van der Waals surface area contributed by atoms with Crippen molar-refractivity contribution in [1.82, 2.24) is 0 Å². The van der Waals surface area contributed by atoms with Crippen LogP contribution in [0.4, 0.5) is 0 Å². The van der Waals surface area contributed by atoms with E-state index in [9.17, 15) is 15.3 Å². The average molecular weight is 316 g/mol. The fourth-order valence-corrected chi connectivity index (χ4v) is 4.14. The van der Waals surface area contributed by atoms with Crippen LogP contribution in [-0.4, -0.2) is 5.78 Å². The molecule has 3 nitrogen and oxygen atoms in total. The number of rotatable bonds is 1. The summed E-state index contributed by atoms with van der Waals surface area (Å²) >= 11 is 0. The monoisotopic (exact) mass is 316 g/mol. The molecule has 120 valence electrons. The Hall–Kier alpha value is -2.65. The van der Waals surface area contributed by atoms with Crippen molar-refractivity contribution >= 4 is 5.78 Å². The van der Waals surface area contributed by atoms with Gasteiger partial charge in [-0.3, -0.25) is 4.79 Å². The lowest BCUT2D eigenvalue weighted by Crippen LogP contribution is -2.39. The summed E-state index contributed by atoms with van der Waals surface area (Å²) in [5, 5.41) is 19.7. The van der Waals surface area contributed by atoms with Gasteiger partial charge in [-0.2, -0.15) is 10.5 Å². The first-order valence-electron chi connectivity index (χ1n) is 8.27. The molecule has 0 N–H and O–H groups in total. The molecule has 0 aliphatic heterocycles. The molecule has 0 amide bonds. The van der Waals surface area contributed by atoms with Crippen molar-refractivity contribution in [2.75, 3.05) is 0 Å². The Labute approximate surface area is 142 Å². The van der Waals surface area contributed by atoms with E-state index in [2.05, 4.69) is 30.3 Å². The third-order valence-electron chi connectivity index (χ3n) is 5.36. The molecular formula is C21H20N2O. The summed E-state index contributed by atoms with van der Waals surface area (Å²) in [4.78, 5) is 12.6. The summed E-state index contributed by atoms with van der Waals surface area (Å²) in [5.41, 5.74) is 0.906. The lowest BCUT2D eigenvalue weighted by molar-refractivity contribution is -0.126. The minimum absolute atomic E-state index is 0.0251. The Bertz CT molecular complexity index is 802. The maximum absolute atomic E-state index is 12.6. The van der Waals surface area contributed by atoms with E-state index in [0.29, 0.717) is 19.3 Å².